The van der Waals surface area contributed by atoms with Crippen molar-refractivity contribution in [3.63, 3.8) is 0 Å². The third-order valence-corrected chi connectivity index (χ3v) is 4.76. The number of benzene rings is 2. The van der Waals surface area contributed by atoms with Gasteiger partial charge in [-0.2, -0.15) is 0 Å². The number of rotatable bonds is 3. The molecule has 2 heterocycles. The lowest BCUT2D eigenvalue weighted by molar-refractivity contribution is 0.394. The molecule has 0 radical (unpaired) electrons. The van der Waals surface area contributed by atoms with Crippen molar-refractivity contribution < 1.29 is 9.47 Å². The number of hydrogen-bond donors (Lipinski definition) is 0. The molecule has 1 aliphatic heterocycles. The Kier molecular flexibility index (Phi) is 4.17. The van der Waals surface area contributed by atoms with Crippen LogP contribution in [-0.4, -0.2) is 23.8 Å². The Hall–Kier alpha value is -2.79. The molecule has 4 rings (SSSR count). The maximum Gasteiger partial charge on any atom is 0.261 e. The van der Waals surface area contributed by atoms with E-state index in [-0.39, 0.29) is 5.56 Å². The summed E-state index contributed by atoms with van der Waals surface area (Å²) in [6.07, 6.45) is 2.76. The highest BCUT2D eigenvalue weighted by Gasteiger charge is 2.21. The van der Waals surface area contributed by atoms with Gasteiger partial charge >= 0.3 is 0 Å². The maximum absolute atomic E-state index is 12.7. The van der Waals surface area contributed by atoms with Crippen molar-refractivity contribution in [2.24, 2.45) is 0 Å². The third-order valence-electron chi connectivity index (χ3n) is 4.52. The molecule has 0 atom stereocenters. The van der Waals surface area contributed by atoms with E-state index >= 15 is 0 Å². The number of aromatic nitrogens is 2. The van der Waals surface area contributed by atoms with Gasteiger partial charge in [-0.05, 0) is 54.0 Å². The molecule has 6 heteroatoms. The second-order valence-corrected chi connectivity index (χ2v) is 6.56. The first-order valence-corrected chi connectivity index (χ1v) is 8.61. The van der Waals surface area contributed by atoms with E-state index in [0.29, 0.717) is 39.8 Å². The zero-order chi connectivity index (χ0) is 18.3. The summed E-state index contributed by atoms with van der Waals surface area (Å²) in [4.78, 5) is 17.4. The fourth-order valence-corrected chi connectivity index (χ4v) is 3.41. The molecule has 0 N–H and O–H groups in total. The molecule has 0 fully saturated rings. The van der Waals surface area contributed by atoms with Crippen molar-refractivity contribution in [2.45, 2.75) is 13.0 Å². The molecule has 0 spiro atoms. The van der Waals surface area contributed by atoms with Crippen LogP contribution in [0.3, 0.4) is 0 Å². The van der Waals surface area contributed by atoms with Crippen LogP contribution in [0.25, 0.3) is 22.6 Å². The highest BCUT2D eigenvalue weighted by molar-refractivity contribution is 6.31. The van der Waals surface area contributed by atoms with Crippen LogP contribution in [0.4, 0.5) is 0 Å². The monoisotopic (exact) mass is 368 g/mol. The van der Waals surface area contributed by atoms with E-state index in [0.717, 1.165) is 17.6 Å². The van der Waals surface area contributed by atoms with Gasteiger partial charge in [0.25, 0.3) is 5.56 Å². The first-order chi connectivity index (χ1) is 12.6. The minimum atomic E-state index is -0.0340. The van der Waals surface area contributed by atoms with Crippen molar-refractivity contribution in [3.8, 4) is 11.5 Å². The highest BCUT2D eigenvalue weighted by Crippen LogP contribution is 2.30. The molecule has 0 aliphatic carbocycles. The fourth-order valence-electron chi connectivity index (χ4n) is 3.24. The summed E-state index contributed by atoms with van der Waals surface area (Å²) in [7, 11) is 3.24. The lowest BCUT2D eigenvalue weighted by Crippen LogP contribution is -2.20. The summed E-state index contributed by atoms with van der Waals surface area (Å²) < 4.78 is 12.4. The summed E-state index contributed by atoms with van der Waals surface area (Å²) in [5.74, 6) is 2.11. The third kappa shape index (κ3) is 2.84. The predicted octanol–water partition coefficient (Wildman–Crippen LogP) is 4.01. The van der Waals surface area contributed by atoms with Crippen LogP contribution >= 0.6 is 11.6 Å². The smallest absolute Gasteiger partial charge is 0.261 e. The van der Waals surface area contributed by atoms with Crippen LogP contribution in [0.15, 0.2) is 41.2 Å². The van der Waals surface area contributed by atoms with Gasteiger partial charge in [-0.1, -0.05) is 11.6 Å². The van der Waals surface area contributed by atoms with Gasteiger partial charge < -0.3 is 9.47 Å². The molecule has 0 bridgehead atoms. The average molecular weight is 369 g/mol. The summed E-state index contributed by atoms with van der Waals surface area (Å²) >= 11 is 6.06. The summed E-state index contributed by atoms with van der Waals surface area (Å²) in [6, 6.07) is 10.8. The second kappa shape index (κ2) is 6.50. The number of nitrogens with zero attached hydrogens (tertiary/aromatic N) is 2. The lowest BCUT2D eigenvalue weighted by Gasteiger charge is -2.08. The van der Waals surface area contributed by atoms with E-state index in [1.54, 1.807) is 37.0 Å². The van der Waals surface area contributed by atoms with Crippen molar-refractivity contribution in [1.29, 1.82) is 0 Å². The van der Waals surface area contributed by atoms with Gasteiger partial charge in [-0.3, -0.25) is 9.36 Å². The number of ether oxygens (including phenoxy) is 2. The minimum Gasteiger partial charge on any atom is -0.497 e. The first-order valence-electron chi connectivity index (χ1n) is 8.23. The number of methoxy groups -OCH3 is 2. The van der Waals surface area contributed by atoms with Gasteiger partial charge in [0.15, 0.2) is 0 Å². The van der Waals surface area contributed by atoms with E-state index in [2.05, 4.69) is 4.98 Å². The number of fused-ring (bicyclic) bond motifs is 2. The van der Waals surface area contributed by atoms with Gasteiger partial charge in [0.05, 0.1) is 25.1 Å². The van der Waals surface area contributed by atoms with Crippen LogP contribution in [0, 0.1) is 0 Å². The van der Waals surface area contributed by atoms with Crippen LogP contribution in [0.2, 0.25) is 5.02 Å². The van der Waals surface area contributed by atoms with Crippen LogP contribution < -0.4 is 15.0 Å². The van der Waals surface area contributed by atoms with Crippen molar-refractivity contribution in [2.75, 3.05) is 14.2 Å². The second-order valence-electron chi connectivity index (χ2n) is 6.12. The van der Waals surface area contributed by atoms with Crippen LogP contribution in [-0.2, 0) is 6.54 Å². The van der Waals surface area contributed by atoms with Crippen molar-refractivity contribution in [1.82, 2.24) is 9.55 Å². The Balaban J connectivity index is 1.86. The fraction of sp³-hybridized carbons (Fsp3) is 0.200. The number of allylic oxidation sites excluding steroid dienone is 1. The van der Waals surface area contributed by atoms with Crippen LogP contribution in [0.5, 0.6) is 11.5 Å². The molecule has 2 aromatic carbocycles. The average Bonchev–Trinajstić information content (AvgIpc) is 3.04. The number of hydrogen-bond acceptors (Lipinski definition) is 4. The molecule has 0 amide bonds. The molecule has 0 saturated heterocycles. The van der Waals surface area contributed by atoms with E-state index in [1.165, 1.54) is 0 Å². The zero-order valence-electron chi connectivity index (χ0n) is 14.5. The van der Waals surface area contributed by atoms with E-state index in [4.69, 9.17) is 21.1 Å². The van der Waals surface area contributed by atoms with Gasteiger partial charge in [-0.25, -0.2) is 4.98 Å². The molecule has 0 saturated carbocycles. The van der Waals surface area contributed by atoms with Crippen LogP contribution in [0.1, 0.15) is 17.8 Å². The summed E-state index contributed by atoms with van der Waals surface area (Å²) in [5, 5.41) is 1.15. The lowest BCUT2D eigenvalue weighted by atomic mass is 10.1. The van der Waals surface area contributed by atoms with E-state index in [9.17, 15) is 4.79 Å². The summed E-state index contributed by atoms with van der Waals surface area (Å²) in [6.45, 7) is 0.618. The van der Waals surface area contributed by atoms with Gasteiger partial charge in [0.2, 0.25) is 0 Å². The molecular formula is C20H17ClN2O3. The Morgan fingerprint density at radius 3 is 2.54 bits per heavy atom. The Morgan fingerprint density at radius 2 is 1.85 bits per heavy atom. The molecule has 0 unspecified atom stereocenters. The Morgan fingerprint density at radius 1 is 1.12 bits per heavy atom. The zero-order valence-corrected chi connectivity index (χ0v) is 15.2. The quantitative estimate of drug-likeness (QED) is 0.701. The predicted molar refractivity (Wildman–Crippen MR) is 103 cm³/mol. The van der Waals surface area contributed by atoms with E-state index < -0.39 is 0 Å². The maximum atomic E-state index is 12.7. The van der Waals surface area contributed by atoms with Crippen molar-refractivity contribution in [3.05, 3.63) is 63.2 Å². The Labute approximate surface area is 155 Å². The Bertz CT molecular complexity index is 1080. The highest BCUT2D eigenvalue weighted by atomic mass is 35.5. The standard InChI is InChI=1S/C20H17ClN2O3/c1-25-15-8-12(9-16(11-15)26-2)7-13-5-6-23-19(13)22-18-10-14(21)3-4-17(18)20(23)24/h3-4,7-11H,5-6H2,1-2H3/b13-7+. The van der Waals surface area contributed by atoms with E-state index in [1.807, 2.05) is 24.3 Å². The summed E-state index contributed by atoms with van der Waals surface area (Å²) in [5.41, 5.74) is 2.52. The molecular weight excluding hydrogens is 352 g/mol. The SMILES string of the molecule is COc1cc(/C=C2\CCn3c2nc2cc(Cl)ccc2c3=O)cc(OC)c1. The van der Waals surface area contributed by atoms with Gasteiger partial charge in [-0.15, -0.1) is 0 Å². The normalized spacial score (nSPS) is 14.7. The van der Waals surface area contributed by atoms with Crippen molar-refractivity contribution >= 4 is 34.2 Å². The van der Waals surface area contributed by atoms with Gasteiger partial charge in [0, 0.05) is 17.6 Å². The molecule has 132 valence electrons. The van der Waals surface area contributed by atoms with Gasteiger partial charge in [0.1, 0.15) is 17.3 Å². The number of halogens is 1. The molecule has 1 aliphatic rings. The molecule has 5 nitrogen and oxygen atoms in total. The molecule has 3 aromatic rings. The molecule has 1 aromatic heterocycles. The molecule has 26 heavy (non-hydrogen) atoms. The largest absolute Gasteiger partial charge is 0.497 e. The topological polar surface area (TPSA) is 53.4 Å². The first kappa shape index (κ1) is 16.7. The minimum absolute atomic E-state index is 0.0340.